The van der Waals surface area contributed by atoms with E-state index in [4.69, 9.17) is 5.73 Å². The quantitative estimate of drug-likeness (QED) is 0.468. The molecule has 0 spiro atoms. The maximum atomic E-state index is 14.0. The summed E-state index contributed by atoms with van der Waals surface area (Å²) in [5.41, 5.74) is 2.98. The van der Waals surface area contributed by atoms with Crippen LogP contribution in [0.3, 0.4) is 0 Å². The van der Waals surface area contributed by atoms with E-state index in [1.54, 1.807) is 0 Å². The monoisotopic (exact) mass is 587 g/mol. The second kappa shape index (κ2) is 10.7. The average Bonchev–Trinajstić information content (AvgIpc) is 3.01. The zero-order valence-corrected chi connectivity index (χ0v) is 22.8. The van der Waals surface area contributed by atoms with Crippen molar-refractivity contribution in [3.05, 3.63) is 47.2 Å². The van der Waals surface area contributed by atoms with Crippen LogP contribution in [0.5, 0.6) is 0 Å². The van der Waals surface area contributed by atoms with Crippen LogP contribution in [-0.2, 0) is 20.7 Å². The van der Waals surface area contributed by atoms with E-state index in [1.165, 1.54) is 35.4 Å². The Balaban J connectivity index is 1.68. The van der Waals surface area contributed by atoms with Gasteiger partial charge in [-0.1, -0.05) is 6.07 Å². The molecule has 1 aliphatic carbocycles. The van der Waals surface area contributed by atoms with Crippen molar-refractivity contribution >= 4 is 33.0 Å². The molecular formula is C26H30F5N5O3S. The molecule has 1 aliphatic heterocycles. The third-order valence-corrected chi connectivity index (χ3v) is 8.97. The fraction of sp³-hybridized carbons (Fsp3) is 0.500. The van der Waals surface area contributed by atoms with E-state index in [0.29, 0.717) is 19.0 Å². The van der Waals surface area contributed by atoms with Crippen LogP contribution in [0.1, 0.15) is 60.0 Å². The average molecular weight is 588 g/mol. The second-order valence-electron chi connectivity index (χ2n) is 10.4. The molecule has 1 saturated heterocycles. The van der Waals surface area contributed by atoms with E-state index >= 15 is 0 Å². The fourth-order valence-electron chi connectivity index (χ4n) is 4.74. The van der Waals surface area contributed by atoms with Crippen LogP contribution in [0, 0.1) is 6.92 Å². The summed E-state index contributed by atoms with van der Waals surface area (Å²) in [6, 6.07) is 5.63. The first-order chi connectivity index (χ1) is 18.5. The molecule has 1 aromatic heterocycles. The Labute approximate surface area is 228 Å². The number of amides is 2. The van der Waals surface area contributed by atoms with Gasteiger partial charge in [0, 0.05) is 49.0 Å². The molecule has 0 bridgehead atoms. The number of carbonyl (C=O) groups excluding carboxylic acids is 2. The van der Waals surface area contributed by atoms with Gasteiger partial charge in [0.25, 0.3) is 11.8 Å². The predicted octanol–water partition coefficient (Wildman–Crippen LogP) is 5.15. The summed E-state index contributed by atoms with van der Waals surface area (Å²) in [6.45, 7) is 1.01. The van der Waals surface area contributed by atoms with Gasteiger partial charge in [0.15, 0.2) is 0 Å². The number of carbonyl (C=O) groups is 2. The molecular weight excluding hydrogens is 557 g/mol. The number of alkyl halides is 5. The Kier molecular flexibility index (Phi) is 7.98. The summed E-state index contributed by atoms with van der Waals surface area (Å²) in [5, 5.41) is 2.51. The van der Waals surface area contributed by atoms with Crippen molar-refractivity contribution in [1.82, 2.24) is 4.98 Å². The molecule has 14 heteroatoms. The number of aromatic nitrogens is 1. The number of nitrogens with two attached hydrogens (primary N) is 1. The molecule has 1 atom stereocenters. The summed E-state index contributed by atoms with van der Waals surface area (Å²) >= 11 is 0. The highest BCUT2D eigenvalue weighted by Gasteiger charge is 2.41. The molecule has 0 radical (unpaired) electrons. The molecule has 1 aromatic carbocycles. The van der Waals surface area contributed by atoms with Gasteiger partial charge in [-0.05, 0) is 56.4 Å². The highest BCUT2D eigenvalue weighted by molar-refractivity contribution is 7.93. The van der Waals surface area contributed by atoms with Gasteiger partial charge in [-0.3, -0.25) is 9.59 Å². The lowest BCUT2D eigenvalue weighted by Gasteiger charge is -2.34. The van der Waals surface area contributed by atoms with Gasteiger partial charge in [0.1, 0.15) is 5.82 Å². The van der Waals surface area contributed by atoms with Gasteiger partial charge in [0.05, 0.1) is 26.4 Å². The minimum absolute atomic E-state index is 0.0645. The van der Waals surface area contributed by atoms with Crippen LogP contribution in [0.15, 0.2) is 39.7 Å². The number of hydrogen-bond donors (Lipinski definition) is 2. The van der Waals surface area contributed by atoms with Crippen LogP contribution in [0.25, 0.3) is 0 Å². The van der Waals surface area contributed by atoms with Crippen LogP contribution in [0.4, 0.5) is 33.5 Å². The number of nitrogens with zero attached hydrogens (tertiary/aromatic N) is 3. The molecule has 2 aromatic rings. The standard InChI is InChI=1S/C26H30F5N5O3S/c1-16-19(26(29,30)31)15-33-21(36-12-5-10-25(27,28)11-13-36)20(16)22(37)34-17-6-3-7-18(14-17)40(2,39)35-23(38)24(32)8-4-9-24/h3,6-7,14-15H,4-5,8-13,32H2,1-2H3,(H,34,37)/t40-/m1/s1. The van der Waals surface area contributed by atoms with Crippen molar-refractivity contribution in [1.29, 1.82) is 0 Å². The maximum absolute atomic E-state index is 14.0. The van der Waals surface area contributed by atoms with Crippen LogP contribution < -0.4 is 16.0 Å². The van der Waals surface area contributed by atoms with Crippen molar-refractivity contribution in [3.63, 3.8) is 0 Å². The Morgan fingerprint density at radius 2 is 1.82 bits per heavy atom. The van der Waals surface area contributed by atoms with Crippen LogP contribution in [0.2, 0.25) is 0 Å². The zero-order valence-electron chi connectivity index (χ0n) is 22.0. The SMILES string of the molecule is Cc1c(C(F)(F)F)cnc(N2CCCC(F)(F)CC2)c1C(=O)Nc1cccc([S@@](C)(=O)=NC(=O)C2(N)CCC2)c1. The van der Waals surface area contributed by atoms with Gasteiger partial charge in [0.2, 0.25) is 5.92 Å². The summed E-state index contributed by atoms with van der Waals surface area (Å²) < 4.78 is 86.2. The van der Waals surface area contributed by atoms with Crippen molar-refractivity contribution in [2.45, 2.75) is 68.0 Å². The van der Waals surface area contributed by atoms with Crippen LogP contribution in [-0.4, -0.2) is 51.8 Å². The van der Waals surface area contributed by atoms with Crippen molar-refractivity contribution in [3.8, 4) is 0 Å². The minimum Gasteiger partial charge on any atom is -0.356 e. The molecule has 40 heavy (non-hydrogen) atoms. The molecule has 2 fully saturated rings. The number of hydrogen-bond acceptors (Lipinski definition) is 6. The van der Waals surface area contributed by atoms with E-state index in [9.17, 15) is 35.8 Å². The third-order valence-electron chi connectivity index (χ3n) is 7.33. The lowest BCUT2D eigenvalue weighted by Crippen LogP contribution is -2.53. The molecule has 2 amide bonds. The Morgan fingerprint density at radius 1 is 1.12 bits per heavy atom. The minimum atomic E-state index is -4.81. The predicted molar refractivity (Wildman–Crippen MR) is 140 cm³/mol. The largest absolute Gasteiger partial charge is 0.418 e. The number of nitrogens with one attached hydrogen (secondary N) is 1. The Bertz CT molecular complexity index is 1450. The third kappa shape index (κ3) is 6.27. The topological polar surface area (TPSA) is 118 Å². The highest BCUT2D eigenvalue weighted by Crippen LogP contribution is 2.37. The second-order valence-corrected chi connectivity index (χ2v) is 12.6. The first kappa shape index (κ1) is 29.8. The smallest absolute Gasteiger partial charge is 0.356 e. The Morgan fingerprint density at radius 3 is 2.45 bits per heavy atom. The molecule has 4 rings (SSSR count). The molecule has 2 heterocycles. The van der Waals surface area contributed by atoms with Crippen molar-refractivity contribution < 1.29 is 35.8 Å². The highest BCUT2D eigenvalue weighted by atomic mass is 32.2. The zero-order chi connectivity index (χ0) is 29.5. The van der Waals surface area contributed by atoms with Crippen molar-refractivity contribution in [2.75, 3.05) is 29.6 Å². The molecule has 0 unspecified atom stereocenters. The lowest BCUT2D eigenvalue weighted by molar-refractivity contribution is -0.138. The van der Waals surface area contributed by atoms with Crippen molar-refractivity contribution in [2.24, 2.45) is 10.1 Å². The molecule has 8 nitrogen and oxygen atoms in total. The first-order valence-electron chi connectivity index (χ1n) is 12.7. The van der Waals surface area contributed by atoms with E-state index in [2.05, 4.69) is 14.7 Å². The number of rotatable bonds is 5. The molecule has 218 valence electrons. The fourth-order valence-corrected chi connectivity index (χ4v) is 6.02. The van der Waals surface area contributed by atoms with Gasteiger partial charge < -0.3 is 16.0 Å². The van der Waals surface area contributed by atoms with Gasteiger partial charge in [-0.25, -0.2) is 18.0 Å². The van der Waals surface area contributed by atoms with E-state index in [-0.39, 0.29) is 42.3 Å². The Hall–Kier alpha value is -3.13. The molecule has 3 N–H and O–H groups in total. The van der Waals surface area contributed by atoms with E-state index in [0.717, 1.165) is 13.3 Å². The number of pyridine rings is 1. The lowest BCUT2D eigenvalue weighted by atomic mass is 9.77. The van der Waals surface area contributed by atoms with Gasteiger partial charge in [-0.2, -0.15) is 17.5 Å². The maximum Gasteiger partial charge on any atom is 0.418 e. The summed E-state index contributed by atoms with van der Waals surface area (Å²) in [7, 11) is -3.26. The van der Waals surface area contributed by atoms with E-state index in [1.807, 2.05) is 0 Å². The summed E-state index contributed by atoms with van der Waals surface area (Å²) in [6.07, 6.45) is -2.18. The normalized spacial score (nSPS) is 20.1. The van der Waals surface area contributed by atoms with E-state index < -0.39 is 62.3 Å². The molecule has 2 aliphatic rings. The van der Waals surface area contributed by atoms with Crippen LogP contribution >= 0.6 is 0 Å². The summed E-state index contributed by atoms with van der Waals surface area (Å²) in [4.78, 5) is 31.3. The number of anilines is 2. The number of halogens is 5. The first-order valence-corrected chi connectivity index (χ1v) is 14.6. The van der Waals surface area contributed by atoms with Gasteiger partial charge in [-0.15, -0.1) is 0 Å². The van der Waals surface area contributed by atoms with Gasteiger partial charge >= 0.3 is 6.18 Å². The molecule has 1 saturated carbocycles. The summed E-state index contributed by atoms with van der Waals surface area (Å²) in [5.74, 6) is -4.70. The number of benzene rings is 1.